The molecule has 0 radical (unpaired) electrons. The fourth-order valence-corrected chi connectivity index (χ4v) is 2.27. The fourth-order valence-electron chi connectivity index (χ4n) is 2.27. The van der Waals surface area contributed by atoms with E-state index in [1.165, 1.54) is 7.11 Å². The predicted octanol–water partition coefficient (Wildman–Crippen LogP) is 2.44. The molecule has 1 heterocycles. The van der Waals surface area contributed by atoms with Crippen molar-refractivity contribution in [2.45, 2.75) is 46.6 Å². The molecule has 0 aromatic rings. The van der Waals surface area contributed by atoms with Crippen LogP contribution in [0.3, 0.4) is 0 Å². The smallest absolute Gasteiger partial charge is 0.410 e. The number of likely N-dealkylation sites (tertiary alicyclic amines) is 1. The minimum Gasteiger partial charge on any atom is -0.469 e. The molecule has 1 saturated heterocycles. The SMILES string of the molecule is COC(=O)C1(C)CCN(C(=O)OC(C)(C)C)CC1C. The van der Waals surface area contributed by atoms with Crippen molar-refractivity contribution in [3.8, 4) is 0 Å². The van der Waals surface area contributed by atoms with Gasteiger partial charge in [-0.25, -0.2) is 4.79 Å². The number of methoxy groups -OCH3 is 1. The molecule has 0 aromatic carbocycles. The molecule has 1 aliphatic rings. The van der Waals surface area contributed by atoms with Crippen LogP contribution in [0, 0.1) is 11.3 Å². The number of ether oxygens (including phenoxy) is 2. The molecule has 110 valence electrons. The van der Waals surface area contributed by atoms with Crippen molar-refractivity contribution in [3.05, 3.63) is 0 Å². The number of esters is 1. The van der Waals surface area contributed by atoms with E-state index in [2.05, 4.69) is 0 Å². The Morgan fingerprint density at radius 1 is 1.32 bits per heavy atom. The molecule has 1 fully saturated rings. The van der Waals surface area contributed by atoms with Crippen LogP contribution in [-0.4, -0.2) is 42.8 Å². The number of carbonyl (C=O) groups excluding carboxylic acids is 2. The lowest BCUT2D eigenvalue weighted by atomic mass is 9.72. The highest BCUT2D eigenvalue weighted by Gasteiger charge is 2.45. The average Bonchev–Trinajstić information content (AvgIpc) is 2.29. The lowest BCUT2D eigenvalue weighted by Crippen LogP contribution is -2.51. The molecular weight excluding hydrogens is 246 g/mol. The number of amides is 1. The molecule has 0 N–H and O–H groups in total. The highest BCUT2D eigenvalue weighted by molar-refractivity contribution is 5.77. The third-order valence-corrected chi connectivity index (χ3v) is 3.79. The van der Waals surface area contributed by atoms with Gasteiger partial charge in [0, 0.05) is 13.1 Å². The number of nitrogens with zero attached hydrogens (tertiary/aromatic N) is 1. The number of rotatable bonds is 1. The molecule has 5 nitrogen and oxygen atoms in total. The maximum Gasteiger partial charge on any atom is 0.410 e. The topological polar surface area (TPSA) is 55.8 Å². The largest absolute Gasteiger partial charge is 0.469 e. The first-order valence-corrected chi connectivity index (χ1v) is 6.66. The summed E-state index contributed by atoms with van der Waals surface area (Å²) >= 11 is 0. The van der Waals surface area contributed by atoms with Crippen LogP contribution >= 0.6 is 0 Å². The summed E-state index contributed by atoms with van der Waals surface area (Å²) in [5.74, 6) is -0.162. The zero-order chi connectivity index (χ0) is 14.8. The van der Waals surface area contributed by atoms with Crippen molar-refractivity contribution in [2.24, 2.45) is 11.3 Å². The first kappa shape index (κ1) is 15.8. The molecule has 0 saturated carbocycles. The van der Waals surface area contributed by atoms with E-state index >= 15 is 0 Å². The van der Waals surface area contributed by atoms with Crippen molar-refractivity contribution in [1.29, 1.82) is 0 Å². The van der Waals surface area contributed by atoms with E-state index < -0.39 is 11.0 Å². The highest BCUT2D eigenvalue weighted by atomic mass is 16.6. The quantitative estimate of drug-likeness (QED) is 0.687. The number of hydrogen-bond donors (Lipinski definition) is 0. The molecule has 1 rings (SSSR count). The summed E-state index contributed by atoms with van der Waals surface area (Å²) in [5.41, 5.74) is -1.02. The maximum absolute atomic E-state index is 12.0. The Bertz CT molecular complexity index is 361. The van der Waals surface area contributed by atoms with Crippen LogP contribution in [-0.2, 0) is 14.3 Å². The van der Waals surface area contributed by atoms with Gasteiger partial charge in [-0.05, 0) is 40.0 Å². The van der Waals surface area contributed by atoms with Gasteiger partial charge in [-0.15, -0.1) is 0 Å². The summed E-state index contributed by atoms with van der Waals surface area (Å²) in [6.07, 6.45) is 0.284. The van der Waals surface area contributed by atoms with Crippen LogP contribution in [0.5, 0.6) is 0 Å². The molecule has 0 aromatic heterocycles. The fraction of sp³-hybridized carbons (Fsp3) is 0.857. The molecule has 5 heteroatoms. The number of hydrogen-bond acceptors (Lipinski definition) is 4. The molecule has 1 aliphatic heterocycles. The van der Waals surface area contributed by atoms with Crippen LogP contribution in [0.2, 0.25) is 0 Å². The monoisotopic (exact) mass is 271 g/mol. The minimum absolute atomic E-state index is 0.0428. The van der Waals surface area contributed by atoms with E-state index in [1.54, 1.807) is 4.90 Å². The molecule has 1 amide bonds. The zero-order valence-electron chi connectivity index (χ0n) is 12.8. The lowest BCUT2D eigenvalue weighted by molar-refractivity contribution is -0.158. The Morgan fingerprint density at radius 2 is 1.89 bits per heavy atom. The van der Waals surface area contributed by atoms with E-state index in [0.29, 0.717) is 19.5 Å². The standard InChI is InChI=1S/C14H25NO4/c1-10-9-15(12(17)19-13(2,3)4)8-7-14(10,5)11(16)18-6/h10H,7-9H2,1-6H3. The van der Waals surface area contributed by atoms with Gasteiger partial charge in [0.25, 0.3) is 0 Å². The van der Waals surface area contributed by atoms with Crippen LogP contribution in [0.4, 0.5) is 4.79 Å². The van der Waals surface area contributed by atoms with E-state index in [0.717, 1.165) is 0 Å². The van der Waals surface area contributed by atoms with E-state index in [1.807, 2.05) is 34.6 Å². The first-order valence-electron chi connectivity index (χ1n) is 6.66. The first-order chi connectivity index (χ1) is 8.60. The predicted molar refractivity (Wildman–Crippen MR) is 71.7 cm³/mol. The van der Waals surface area contributed by atoms with Crippen LogP contribution in [0.15, 0.2) is 0 Å². The van der Waals surface area contributed by atoms with E-state index in [4.69, 9.17) is 9.47 Å². The van der Waals surface area contributed by atoms with Crippen LogP contribution < -0.4 is 0 Å². The molecule has 2 unspecified atom stereocenters. The van der Waals surface area contributed by atoms with Crippen LogP contribution in [0.25, 0.3) is 0 Å². The number of carbonyl (C=O) groups is 2. The van der Waals surface area contributed by atoms with Crippen molar-refractivity contribution in [1.82, 2.24) is 4.90 Å². The highest BCUT2D eigenvalue weighted by Crippen LogP contribution is 2.37. The van der Waals surface area contributed by atoms with Crippen molar-refractivity contribution >= 4 is 12.1 Å². The molecule has 2 atom stereocenters. The number of piperidine rings is 1. The second kappa shape index (κ2) is 5.39. The summed E-state index contributed by atoms with van der Waals surface area (Å²) < 4.78 is 10.2. The van der Waals surface area contributed by atoms with E-state index in [-0.39, 0.29) is 18.0 Å². The Morgan fingerprint density at radius 3 is 2.32 bits per heavy atom. The summed E-state index contributed by atoms with van der Waals surface area (Å²) in [7, 11) is 1.40. The molecule has 0 spiro atoms. The minimum atomic E-state index is -0.521. The Hall–Kier alpha value is -1.26. The third-order valence-electron chi connectivity index (χ3n) is 3.79. The van der Waals surface area contributed by atoms with Gasteiger partial charge in [0.1, 0.15) is 5.60 Å². The zero-order valence-corrected chi connectivity index (χ0v) is 12.8. The molecule has 0 bridgehead atoms. The summed E-state index contributed by atoms with van der Waals surface area (Å²) in [6, 6.07) is 0. The van der Waals surface area contributed by atoms with Gasteiger partial charge < -0.3 is 14.4 Å². The third kappa shape index (κ3) is 3.61. The van der Waals surface area contributed by atoms with Gasteiger partial charge in [-0.2, -0.15) is 0 Å². The van der Waals surface area contributed by atoms with Gasteiger partial charge >= 0.3 is 12.1 Å². The van der Waals surface area contributed by atoms with Gasteiger partial charge in [0.15, 0.2) is 0 Å². The maximum atomic E-state index is 12.0. The second-order valence-corrected chi connectivity index (χ2v) is 6.49. The Kier molecular flexibility index (Phi) is 4.48. The van der Waals surface area contributed by atoms with E-state index in [9.17, 15) is 9.59 Å². The summed E-state index contributed by atoms with van der Waals surface area (Å²) in [5, 5.41) is 0. The normalized spacial score (nSPS) is 27.9. The average molecular weight is 271 g/mol. The molecule has 19 heavy (non-hydrogen) atoms. The Labute approximate surface area is 115 Å². The van der Waals surface area contributed by atoms with Gasteiger partial charge in [-0.3, -0.25) is 4.79 Å². The summed E-state index contributed by atoms with van der Waals surface area (Å²) in [6.45, 7) is 10.4. The summed E-state index contributed by atoms with van der Waals surface area (Å²) in [4.78, 5) is 25.5. The van der Waals surface area contributed by atoms with Gasteiger partial charge in [0.2, 0.25) is 0 Å². The van der Waals surface area contributed by atoms with Crippen molar-refractivity contribution in [3.63, 3.8) is 0 Å². The van der Waals surface area contributed by atoms with Gasteiger partial charge in [0.05, 0.1) is 12.5 Å². The molecular formula is C14H25NO4. The molecule has 0 aliphatic carbocycles. The van der Waals surface area contributed by atoms with Crippen LogP contribution in [0.1, 0.15) is 41.0 Å². The lowest BCUT2D eigenvalue weighted by Gasteiger charge is -2.42. The van der Waals surface area contributed by atoms with Crippen molar-refractivity contribution < 1.29 is 19.1 Å². The van der Waals surface area contributed by atoms with Crippen molar-refractivity contribution in [2.75, 3.05) is 20.2 Å². The Balaban J connectivity index is 2.69. The van der Waals surface area contributed by atoms with Gasteiger partial charge in [-0.1, -0.05) is 6.92 Å². The second-order valence-electron chi connectivity index (χ2n) is 6.49.